The van der Waals surface area contributed by atoms with Crippen molar-refractivity contribution >= 4 is 34.3 Å². The molecule has 9 heteroatoms. The Morgan fingerprint density at radius 1 is 1.20 bits per heavy atom. The molecule has 3 aromatic heterocycles. The Kier molecular flexibility index (Phi) is 5.38. The van der Waals surface area contributed by atoms with E-state index in [4.69, 9.17) is 0 Å². The van der Waals surface area contributed by atoms with Crippen molar-refractivity contribution in [1.82, 2.24) is 29.6 Å². The van der Waals surface area contributed by atoms with Crippen molar-refractivity contribution in [3.8, 4) is 0 Å². The van der Waals surface area contributed by atoms with E-state index < -0.39 is 0 Å². The lowest BCUT2D eigenvalue weighted by atomic mass is 9.95. The van der Waals surface area contributed by atoms with Crippen molar-refractivity contribution in [3.05, 3.63) is 51.7 Å². The van der Waals surface area contributed by atoms with Crippen LogP contribution in [0.25, 0.3) is 6.08 Å². The molecular weight excluding hydrogens is 398 g/mol. The van der Waals surface area contributed by atoms with Gasteiger partial charge in [-0.15, -0.1) is 11.3 Å². The first-order valence-electron chi connectivity index (χ1n) is 9.82. The number of nitrogens with one attached hydrogen (secondary N) is 1. The molecule has 0 aliphatic carbocycles. The van der Waals surface area contributed by atoms with E-state index in [1.54, 1.807) is 17.4 Å². The lowest BCUT2D eigenvalue weighted by Gasteiger charge is -2.38. The van der Waals surface area contributed by atoms with E-state index in [1.165, 1.54) is 0 Å². The summed E-state index contributed by atoms with van der Waals surface area (Å²) in [4.78, 5) is 27.8. The van der Waals surface area contributed by atoms with Crippen LogP contribution in [0.2, 0.25) is 0 Å². The molecular formula is C21H25N7OS. The second kappa shape index (κ2) is 7.98. The number of carbonyl (C=O) groups excluding carboxylic acids is 1. The summed E-state index contributed by atoms with van der Waals surface area (Å²) in [5, 5.41) is 10.4. The standard InChI is InChI=1S/C21H25N7OS/c1-12-11-30-21(22-12)25-19-8-18(23-15(4)24-19)16-9-28(10-16)20(29)7-6-17-13(2)26-27(5)14(17)3/h6-8,11,16H,9-10H2,1-5H3,(H,22,23,24,25)/b7-6+. The minimum absolute atomic E-state index is 0.0105. The van der Waals surface area contributed by atoms with Crippen LogP contribution >= 0.6 is 11.3 Å². The third-order valence-electron chi connectivity index (χ3n) is 5.28. The molecule has 3 aromatic rings. The summed E-state index contributed by atoms with van der Waals surface area (Å²) in [5.41, 5.74) is 4.90. The molecule has 1 aliphatic rings. The van der Waals surface area contributed by atoms with Crippen LogP contribution in [0.15, 0.2) is 17.5 Å². The van der Waals surface area contributed by atoms with Gasteiger partial charge in [-0.25, -0.2) is 15.0 Å². The number of anilines is 2. The smallest absolute Gasteiger partial charge is 0.246 e. The number of likely N-dealkylation sites (tertiary alicyclic amines) is 1. The van der Waals surface area contributed by atoms with E-state index in [2.05, 4.69) is 25.4 Å². The van der Waals surface area contributed by atoms with Gasteiger partial charge in [0.05, 0.1) is 17.1 Å². The highest BCUT2D eigenvalue weighted by Gasteiger charge is 2.32. The topological polar surface area (TPSA) is 88.8 Å². The highest BCUT2D eigenvalue weighted by atomic mass is 32.1. The summed E-state index contributed by atoms with van der Waals surface area (Å²) in [6, 6.07) is 1.95. The number of nitrogens with zero attached hydrogens (tertiary/aromatic N) is 6. The largest absolute Gasteiger partial charge is 0.338 e. The summed E-state index contributed by atoms with van der Waals surface area (Å²) < 4.78 is 1.83. The second-order valence-corrected chi connectivity index (χ2v) is 8.48. The van der Waals surface area contributed by atoms with Gasteiger partial charge in [0.2, 0.25) is 5.91 Å². The van der Waals surface area contributed by atoms with Crippen molar-refractivity contribution in [2.45, 2.75) is 33.6 Å². The number of aromatic nitrogens is 5. The zero-order valence-electron chi connectivity index (χ0n) is 17.8. The fourth-order valence-electron chi connectivity index (χ4n) is 3.52. The minimum Gasteiger partial charge on any atom is -0.338 e. The first-order chi connectivity index (χ1) is 14.3. The van der Waals surface area contributed by atoms with Crippen molar-refractivity contribution in [3.63, 3.8) is 0 Å². The number of rotatable bonds is 5. The molecule has 30 heavy (non-hydrogen) atoms. The van der Waals surface area contributed by atoms with Crippen LogP contribution < -0.4 is 5.32 Å². The van der Waals surface area contributed by atoms with Crippen LogP contribution in [0, 0.1) is 27.7 Å². The maximum atomic E-state index is 12.5. The lowest BCUT2D eigenvalue weighted by Crippen LogP contribution is -2.48. The van der Waals surface area contributed by atoms with Crippen molar-refractivity contribution in [1.29, 1.82) is 0 Å². The van der Waals surface area contributed by atoms with Gasteiger partial charge in [0.15, 0.2) is 5.13 Å². The molecule has 4 heterocycles. The fraction of sp³-hybridized carbons (Fsp3) is 0.381. The van der Waals surface area contributed by atoms with Crippen LogP contribution in [0.3, 0.4) is 0 Å². The average molecular weight is 424 g/mol. The summed E-state index contributed by atoms with van der Waals surface area (Å²) in [5.74, 6) is 1.66. The molecule has 1 saturated heterocycles. The van der Waals surface area contributed by atoms with Gasteiger partial charge in [0.1, 0.15) is 11.6 Å². The van der Waals surface area contributed by atoms with Gasteiger partial charge in [-0.05, 0) is 33.8 Å². The quantitative estimate of drug-likeness (QED) is 0.634. The van der Waals surface area contributed by atoms with Crippen LogP contribution in [0.5, 0.6) is 0 Å². The molecule has 0 unspecified atom stereocenters. The van der Waals surface area contributed by atoms with E-state index in [9.17, 15) is 4.79 Å². The van der Waals surface area contributed by atoms with Gasteiger partial charge in [-0.1, -0.05) is 0 Å². The van der Waals surface area contributed by atoms with Crippen LogP contribution in [-0.4, -0.2) is 48.6 Å². The van der Waals surface area contributed by atoms with E-state index in [0.29, 0.717) is 18.9 Å². The Bertz CT molecular complexity index is 1120. The number of thiazole rings is 1. The molecule has 1 amide bonds. The first kappa shape index (κ1) is 20.2. The Morgan fingerprint density at radius 3 is 2.60 bits per heavy atom. The van der Waals surface area contributed by atoms with Gasteiger partial charge in [0.25, 0.3) is 0 Å². The lowest BCUT2D eigenvalue weighted by molar-refractivity contribution is -0.130. The van der Waals surface area contributed by atoms with Gasteiger partial charge in [0, 0.05) is 54.8 Å². The molecule has 8 nitrogen and oxygen atoms in total. The van der Waals surface area contributed by atoms with Gasteiger partial charge in [-0.2, -0.15) is 5.10 Å². The predicted molar refractivity (Wildman–Crippen MR) is 118 cm³/mol. The number of aryl methyl sites for hydroxylation is 4. The summed E-state index contributed by atoms with van der Waals surface area (Å²) in [6.45, 7) is 9.10. The zero-order valence-corrected chi connectivity index (χ0v) is 18.6. The van der Waals surface area contributed by atoms with Crippen molar-refractivity contribution in [2.75, 3.05) is 18.4 Å². The SMILES string of the molecule is Cc1csc(Nc2cc(C3CN(C(=O)/C=C/c4c(C)nn(C)c4C)C3)nc(C)n2)n1. The molecule has 1 N–H and O–H groups in total. The fourth-order valence-corrected chi connectivity index (χ4v) is 4.22. The molecule has 4 rings (SSSR count). The Labute approximate surface area is 179 Å². The maximum absolute atomic E-state index is 12.5. The molecule has 0 saturated carbocycles. The molecule has 1 aliphatic heterocycles. The van der Waals surface area contributed by atoms with Crippen molar-refractivity contribution < 1.29 is 4.79 Å². The summed E-state index contributed by atoms with van der Waals surface area (Å²) in [7, 11) is 1.91. The second-order valence-electron chi connectivity index (χ2n) is 7.63. The number of hydrogen-bond donors (Lipinski definition) is 1. The zero-order chi connectivity index (χ0) is 21.4. The average Bonchev–Trinajstić information content (AvgIpc) is 3.14. The molecule has 0 aromatic carbocycles. The molecule has 0 spiro atoms. The summed E-state index contributed by atoms with van der Waals surface area (Å²) in [6.07, 6.45) is 3.50. The number of amides is 1. The Hall–Kier alpha value is -3.07. The minimum atomic E-state index is 0.0105. The van der Waals surface area contributed by atoms with Crippen LogP contribution in [0.1, 0.15) is 40.1 Å². The van der Waals surface area contributed by atoms with E-state index >= 15 is 0 Å². The third kappa shape index (κ3) is 4.11. The molecule has 0 atom stereocenters. The van der Waals surface area contributed by atoms with E-state index in [0.717, 1.165) is 39.3 Å². The van der Waals surface area contributed by atoms with Gasteiger partial charge in [-0.3, -0.25) is 9.48 Å². The number of hydrogen-bond acceptors (Lipinski definition) is 7. The van der Waals surface area contributed by atoms with Gasteiger partial charge < -0.3 is 10.2 Å². The Morgan fingerprint density at radius 2 is 1.97 bits per heavy atom. The normalized spacial score (nSPS) is 14.4. The molecule has 0 radical (unpaired) electrons. The van der Waals surface area contributed by atoms with Crippen LogP contribution in [-0.2, 0) is 11.8 Å². The third-order valence-corrected chi connectivity index (χ3v) is 6.16. The maximum Gasteiger partial charge on any atom is 0.246 e. The van der Waals surface area contributed by atoms with Crippen LogP contribution in [0.4, 0.5) is 10.9 Å². The van der Waals surface area contributed by atoms with Crippen molar-refractivity contribution in [2.24, 2.45) is 7.05 Å². The number of carbonyl (C=O) groups is 1. The highest BCUT2D eigenvalue weighted by Crippen LogP contribution is 2.28. The van der Waals surface area contributed by atoms with Gasteiger partial charge >= 0.3 is 0 Å². The highest BCUT2D eigenvalue weighted by molar-refractivity contribution is 7.13. The summed E-state index contributed by atoms with van der Waals surface area (Å²) >= 11 is 1.55. The van der Waals surface area contributed by atoms with E-state index in [1.807, 2.05) is 61.8 Å². The first-order valence-corrected chi connectivity index (χ1v) is 10.7. The monoisotopic (exact) mass is 423 g/mol. The molecule has 156 valence electrons. The van der Waals surface area contributed by atoms with E-state index in [-0.39, 0.29) is 11.8 Å². The molecule has 0 bridgehead atoms. The predicted octanol–water partition coefficient (Wildman–Crippen LogP) is 3.28. The Balaban J connectivity index is 1.40. The molecule has 1 fully saturated rings.